The molecule has 0 heterocycles. The first-order valence-corrected chi connectivity index (χ1v) is 6.97. The summed E-state index contributed by atoms with van der Waals surface area (Å²) in [6.07, 6.45) is 10.7. The zero-order chi connectivity index (χ0) is 13.3. The first-order chi connectivity index (χ1) is 7.91. The summed E-state index contributed by atoms with van der Waals surface area (Å²) in [5.41, 5.74) is 1.63. The van der Waals surface area contributed by atoms with Gasteiger partial charge in [-0.2, -0.15) is 0 Å². The van der Waals surface area contributed by atoms with Crippen molar-refractivity contribution in [1.82, 2.24) is 4.90 Å². The summed E-state index contributed by atoms with van der Waals surface area (Å²) in [7, 11) is 2.09. The Hall–Kier alpha value is -0.720. The highest BCUT2D eigenvalue weighted by molar-refractivity contribution is 5.15. The van der Waals surface area contributed by atoms with Crippen LogP contribution >= 0.6 is 0 Å². The van der Waals surface area contributed by atoms with E-state index in [4.69, 9.17) is 0 Å². The number of nitrogens with zero attached hydrogens (tertiary/aromatic N) is 1. The van der Waals surface area contributed by atoms with Crippen LogP contribution in [0.1, 0.15) is 59.8 Å². The van der Waals surface area contributed by atoms with Crippen molar-refractivity contribution in [2.24, 2.45) is 5.41 Å². The quantitative estimate of drug-likeness (QED) is 0.403. The molecule has 0 unspecified atom stereocenters. The van der Waals surface area contributed by atoms with Crippen molar-refractivity contribution >= 4 is 0 Å². The molecule has 0 atom stereocenters. The third-order valence-corrected chi connectivity index (χ3v) is 3.23. The van der Waals surface area contributed by atoms with Crippen LogP contribution in [0.25, 0.3) is 0 Å². The summed E-state index contributed by atoms with van der Waals surface area (Å²) in [5.74, 6) is 0. The normalized spacial score (nSPS) is 12.1. The maximum absolute atomic E-state index is 4.16. The smallest absolute Gasteiger partial charge is 0.0140 e. The number of allylic oxidation sites excluding steroid dienone is 2. The molecule has 0 N–H and O–H groups in total. The third-order valence-electron chi connectivity index (χ3n) is 3.23. The second kappa shape index (κ2) is 8.38. The second-order valence-corrected chi connectivity index (χ2v) is 5.85. The molecule has 0 aromatic rings. The van der Waals surface area contributed by atoms with Crippen molar-refractivity contribution in [3.63, 3.8) is 0 Å². The van der Waals surface area contributed by atoms with E-state index in [9.17, 15) is 0 Å². The molecule has 0 aromatic carbocycles. The molecule has 17 heavy (non-hydrogen) atoms. The lowest BCUT2D eigenvalue weighted by atomic mass is 9.81. The van der Waals surface area contributed by atoms with Crippen LogP contribution in [0.15, 0.2) is 24.4 Å². The molecule has 0 aliphatic rings. The van der Waals surface area contributed by atoms with Gasteiger partial charge < -0.3 is 4.90 Å². The van der Waals surface area contributed by atoms with Crippen LogP contribution in [0.2, 0.25) is 0 Å². The van der Waals surface area contributed by atoms with Crippen molar-refractivity contribution in [1.29, 1.82) is 0 Å². The molecule has 0 aliphatic carbocycles. The first-order valence-electron chi connectivity index (χ1n) is 6.97. The number of unbranched alkanes of at least 4 members (excludes halogenated alkanes) is 2. The Morgan fingerprint density at radius 1 is 1.24 bits per heavy atom. The predicted octanol–water partition coefficient (Wildman–Crippen LogP) is 5.00. The van der Waals surface area contributed by atoms with Crippen molar-refractivity contribution in [3.8, 4) is 0 Å². The van der Waals surface area contributed by atoms with Gasteiger partial charge in [-0.15, -0.1) is 0 Å². The zero-order valence-electron chi connectivity index (χ0n) is 12.6. The lowest BCUT2D eigenvalue weighted by Gasteiger charge is -2.25. The lowest BCUT2D eigenvalue weighted by Crippen LogP contribution is -2.12. The maximum atomic E-state index is 4.16. The van der Waals surface area contributed by atoms with Crippen LogP contribution in [0.5, 0.6) is 0 Å². The average Bonchev–Trinajstić information content (AvgIpc) is 2.25. The van der Waals surface area contributed by atoms with Crippen molar-refractivity contribution < 1.29 is 0 Å². The second-order valence-electron chi connectivity index (χ2n) is 5.85. The van der Waals surface area contributed by atoms with E-state index in [1.807, 2.05) is 0 Å². The summed E-state index contributed by atoms with van der Waals surface area (Å²) in [6, 6.07) is 0. The van der Waals surface area contributed by atoms with Crippen LogP contribution in [-0.4, -0.2) is 18.5 Å². The van der Waals surface area contributed by atoms with Gasteiger partial charge in [-0.1, -0.05) is 52.2 Å². The molecule has 0 bridgehead atoms. The monoisotopic (exact) mass is 237 g/mol. The van der Waals surface area contributed by atoms with Crippen LogP contribution < -0.4 is 0 Å². The standard InChI is InChI=1S/C16H31N/c1-7-9-10-12-16(4,5)14-15(3)11-13-17(6)8-2/h11,13H,3,7-10,12,14H2,1-2,4-6H3/b13-11-. The highest BCUT2D eigenvalue weighted by Gasteiger charge is 2.17. The molecular weight excluding hydrogens is 206 g/mol. The molecule has 0 rings (SSSR count). The average molecular weight is 237 g/mol. The van der Waals surface area contributed by atoms with E-state index < -0.39 is 0 Å². The molecule has 0 radical (unpaired) electrons. The Morgan fingerprint density at radius 2 is 1.88 bits per heavy atom. The summed E-state index contributed by atoms with van der Waals surface area (Å²) in [6.45, 7) is 14.3. The Bertz CT molecular complexity index is 238. The summed E-state index contributed by atoms with van der Waals surface area (Å²) in [4.78, 5) is 2.18. The number of hydrogen-bond acceptors (Lipinski definition) is 1. The van der Waals surface area contributed by atoms with Crippen molar-refractivity contribution in [2.45, 2.75) is 59.8 Å². The first kappa shape index (κ1) is 16.3. The molecule has 0 saturated carbocycles. The van der Waals surface area contributed by atoms with Crippen LogP contribution in [0.3, 0.4) is 0 Å². The van der Waals surface area contributed by atoms with Crippen LogP contribution in [-0.2, 0) is 0 Å². The fraction of sp³-hybridized carbons (Fsp3) is 0.750. The molecule has 0 amide bonds. The topological polar surface area (TPSA) is 3.24 Å². The Labute approximate surface area is 109 Å². The van der Waals surface area contributed by atoms with Gasteiger partial charge in [0.05, 0.1) is 0 Å². The fourth-order valence-corrected chi connectivity index (χ4v) is 1.95. The van der Waals surface area contributed by atoms with Gasteiger partial charge in [-0.25, -0.2) is 0 Å². The molecule has 100 valence electrons. The minimum Gasteiger partial charge on any atom is -0.381 e. The van der Waals surface area contributed by atoms with Gasteiger partial charge in [0.25, 0.3) is 0 Å². The van der Waals surface area contributed by atoms with Gasteiger partial charge in [0.1, 0.15) is 0 Å². The molecule has 0 spiro atoms. The molecular formula is C16H31N. The summed E-state index contributed by atoms with van der Waals surface area (Å²) >= 11 is 0. The SMILES string of the molecule is C=C(/C=C\N(C)CC)CC(C)(C)CCCCC. The largest absolute Gasteiger partial charge is 0.381 e. The van der Waals surface area contributed by atoms with Crippen LogP contribution in [0.4, 0.5) is 0 Å². The summed E-state index contributed by atoms with van der Waals surface area (Å²) < 4.78 is 0. The van der Waals surface area contributed by atoms with Crippen LogP contribution in [0, 0.1) is 5.41 Å². The minimum absolute atomic E-state index is 0.390. The Kier molecular flexibility index (Phi) is 8.03. The fourth-order valence-electron chi connectivity index (χ4n) is 1.95. The Morgan fingerprint density at radius 3 is 2.41 bits per heavy atom. The lowest BCUT2D eigenvalue weighted by molar-refractivity contribution is 0.320. The molecule has 0 aromatic heterocycles. The molecule has 1 heteroatoms. The van der Waals surface area contributed by atoms with Gasteiger partial charge >= 0.3 is 0 Å². The van der Waals surface area contributed by atoms with Gasteiger partial charge in [-0.05, 0) is 37.5 Å². The third kappa shape index (κ3) is 9.02. The molecule has 0 saturated heterocycles. The zero-order valence-corrected chi connectivity index (χ0v) is 12.6. The van der Waals surface area contributed by atoms with E-state index in [0.717, 1.165) is 13.0 Å². The van der Waals surface area contributed by atoms with E-state index in [-0.39, 0.29) is 0 Å². The van der Waals surface area contributed by atoms with Crippen molar-refractivity contribution in [2.75, 3.05) is 13.6 Å². The van der Waals surface area contributed by atoms with Gasteiger partial charge in [0.2, 0.25) is 0 Å². The number of hydrogen-bond donors (Lipinski definition) is 0. The Balaban J connectivity index is 4.04. The van der Waals surface area contributed by atoms with E-state index in [1.54, 1.807) is 0 Å². The highest BCUT2D eigenvalue weighted by Crippen LogP contribution is 2.31. The summed E-state index contributed by atoms with van der Waals surface area (Å²) in [5, 5.41) is 0. The van der Waals surface area contributed by atoms with E-state index in [0.29, 0.717) is 5.41 Å². The molecule has 0 fully saturated rings. The van der Waals surface area contributed by atoms with Gasteiger partial charge in [0.15, 0.2) is 0 Å². The molecule has 0 aliphatic heterocycles. The van der Waals surface area contributed by atoms with E-state index >= 15 is 0 Å². The number of rotatable bonds is 9. The minimum atomic E-state index is 0.390. The van der Waals surface area contributed by atoms with Gasteiger partial charge in [-0.3, -0.25) is 0 Å². The highest BCUT2D eigenvalue weighted by atomic mass is 15.1. The predicted molar refractivity (Wildman–Crippen MR) is 79.1 cm³/mol. The van der Waals surface area contributed by atoms with E-state index in [1.165, 1.54) is 31.3 Å². The van der Waals surface area contributed by atoms with Crippen molar-refractivity contribution in [3.05, 3.63) is 24.4 Å². The van der Waals surface area contributed by atoms with E-state index in [2.05, 4.69) is 58.5 Å². The maximum Gasteiger partial charge on any atom is 0.0140 e. The molecule has 1 nitrogen and oxygen atoms in total. The van der Waals surface area contributed by atoms with Gasteiger partial charge in [0, 0.05) is 13.6 Å².